The first kappa shape index (κ1) is 16.5. The molecule has 5 nitrogen and oxygen atoms in total. The van der Waals surface area contributed by atoms with Crippen LogP contribution in [0, 0.1) is 0 Å². The maximum atomic E-state index is 11.4. The highest BCUT2D eigenvalue weighted by Crippen LogP contribution is 2.09. The second kappa shape index (κ2) is 7.99. The SMILES string of the molecule is C[S@@](=O)c1ccc(CNCc2ccc(Cn3cncn3)cc2)cc1. The van der Waals surface area contributed by atoms with Gasteiger partial charge in [-0.15, -0.1) is 0 Å². The van der Waals surface area contributed by atoms with Crippen molar-refractivity contribution in [2.24, 2.45) is 0 Å². The van der Waals surface area contributed by atoms with Crippen LogP contribution in [0.5, 0.6) is 0 Å². The Morgan fingerprint density at radius 1 is 0.958 bits per heavy atom. The Balaban J connectivity index is 1.48. The molecule has 3 rings (SSSR count). The summed E-state index contributed by atoms with van der Waals surface area (Å²) in [4.78, 5) is 4.81. The lowest BCUT2D eigenvalue weighted by atomic mass is 10.1. The predicted octanol–water partition coefficient (Wildman–Crippen LogP) is 2.35. The monoisotopic (exact) mass is 340 g/mol. The third-order valence-electron chi connectivity index (χ3n) is 3.75. The molecule has 0 saturated carbocycles. The second-order valence-electron chi connectivity index (χ2n) is 5.61. The van der Waals surface area contributed by atoms with E-state index in [-0.39, 0.29) is 0 Å². The van der Waals surface area contributed by atoms with Crippen molar-refractivity contribution < 1.29 is 4.21 Å². The van der Waals surface area contributed by atoms with Gasteiger partial charge in [0.25, 0.3) is 0 Å². The van der Waals surface area contributed by atoms with Crippen molar-refractivity contribution >= 4 is 10.8 Å². The first-order valence-electron chi connectivity index (χ1n) is 7.74. The lowest BCUT2D eigenvalue weighted by molar-refractivity contribution is 0.680. The zero-order chi connectivity index (χ0) is 16.8. The van der Waals surface area contributed by atoms with Crippen LogP contribution in [0.15, 0.2) is 66.1 Å². The molecule has 0 saturated heterocycles. The summed E-state index contributed by atoms with van der Waals surface area (Å²) in [6.45, 7) is 2.33. The molecule has 0 aliphatic carbocycles. The number of aromatic nitrogens is 3. The van der Waals surface area contributed by atoms with E-state index < -0.39 is 10.8 Å². The van der Waals surface area contributed by atoms with Crippen LogP contribution in [0.3, 0.4) is 0 Å². The quantitative estimate of drug-likeness (QED) is 0.717. The summed E-state index contributed by atoms with van der Waals surface area (Å²) < 4.78 is 13.2. The van der Waals surface area contributed by atoms with Gasteiger partial charge in [-0.25, -0.2) is 9.67 Å². The van der Waals surface area contributed by atoms with Crippen molar-refractivity contribution in [2.45, 2.75) is 24.5 Å². The average Bonchev–Trinajstić information content (AvgIpc) is 3.10. The van der Waals surface area contributed by atoms with Crippen LogP contribution in [0.2, 0.25) is 0 Å². The lowest BCUT2D eigenvalue weighted by Gasteiger charge is -2.07. The highest BCUT2D eigenvalue weighted by atomic mass is 32.2. The molecule has 1 heterocycles. The maximum absolute atomic E-state index is 11.4. The molecule has 0 radical (unpaired) electrons. The van der Waals surface area contributed by atoms with E-state index >= 15 is 0 Å². The van der Waals surface area contributed by atoms with Gasteiger partial charge < -0.3 is 5.32 Å². The predicted molar refractivity (Wildman–Crippen MR) is 94.9 cm³/mol. The number of rotatable bonds is 7. The topological polar surface area (TPSA) is 59.8 Å². The van der Waals surface area contributed by atoms with Crippen LogP contribution in [-0.2, 0) is 30.4 Å². The van der Waals surface area contributed by atoms with E-state index in [1.807, 2.05) is 24.3 Å². The molecule has 1 aromatic heterocycles. The Hall–Kier alpha value is -2.31. The Bertz CT molecular complexity index is 783. The van der Waals surface area contributed by atoms with Gasteiger partial charge in [-0.3, -0.25) is 4.21 Å². The molecule has 0 aliphatic heterocycles. The minimum Gasteiger partial charge on any atom is -0.309 e. The summed E-state index contributed by atoms with van der Waals surface area (Å²) >= 11 is 0. The first-order valence-corrected chi connectivity index (χ1v) is 9.30. The zero-order valence-corrected chi connectivity index (χ0v) is 14.4. The summed E-state index contributed by atoms with van der Waals surface area (Å²) in [5, 5.41) is 7.54. The Kier molecular flexibility index (Phi) is 5.51. The van der Waals surface area contributed by atoms with Gasteiger partial charge in [0.2, 0.25) is 0 Å². The van der Waals surface area contributed by atoms with Gasteiger partial charge in [0.05, 0.1) is 6.54 Å². The molecule has 0 fully saturated rings. The van der Waals surface area contributed by atoms with E-state index in [9.17, 15) is 4.21 Å². The summed E-state index contributed by atoms with van der Waals surface area (Å²) in [6, 6.07) is 16.4. The molecule has 0 aliphatic rings. The van der Waals surface area contributed by atoms with Crippen molar-refractivity contribution in [3.05, 3.63) is 77.9 Å². The van der Waals surface area contributed by atoms with Crippen LogP contribution in [0.1, 0.15) is 16.7 Å². The Morgan fingerprint density at radius 2 is 1.54 bits per heavy atom. The minimum absolute atomic E-state index is 0.735. The molecule has 2 aromatic carbocycles. The fourth-order valence-electron chi connectivity index (χ4n) is 2.41. The highest BCUT2D eigenvalue weighted by Gasteiger charge is 1.99. The van der Waals surface area contributed by atoms with Gasteiger partial charge in [-0.2, -0.15) is 5.10 Å². The van der Waals surface area contributed by atoms with Gasteiger partial charge in [0.1, 0.15) is 12.7 Å². The molecule has 124 valence electrons. The van der Waals surface area contributed by atoms with Crippen LogP contribution in [0.25, 0.3) is 0 Å². The van der Waals surface area contributed by atoms with Gasteiger partial charge in [-0.05, 0) is 28.8 Å². The van der Waals surface area contributed by atoms with E-state index in [0.29, 0.717) is 0 Å². The van der Waals surface area contributed by atoms with E-state index in [4.69, 9.17) is 0 Å². The second-order valence-corrected chi connectivity index (χ2v) is 6.99. The highest BCUT2D eigenvalue weighted by molar-refractivity contribution is 7.84. The molecular weight excluding hydrogens is 320 g/mol. The summed E-state index contributed by atoms with van der Waals surface area (Å²) in [5.74, 6) is 0. The van der Waals surface area contributed by atoms with Gasteiger partial charge in [0.15, 0.2) is 0 Å². The summed E-state index contributed by atoms with van der Waals surface area (Å²) in [5.41, 5.74) is 3.63. The fraction of sp³-hybridized carbons (Fsp3) is 0.222. The molecule has 0 bridgehead atoms. The smallest absolute Gasteiger partial charge is 0.137 e. The van der Waals surface area contributed by atoms with Crippen molar-refractivity contribution in [2.75, 3.05) is 6.26 Å². The van der Waals surface area contributed by atoms with E-state index in [2.05, 4.69) is 39.7 Å². The number of hydrogen-bond donors (Lipinski definition) is 1. The van der Waals surface area contributed by atoms with Crippen LogP contribution in [-0.4, -0.2) is 25.2 Å². The van der Waals surface area contributed by atoms with Gasteiger partial charge >= 0.3 is 0 Å². The number of hydrogen-bond acceptors (Lipinski definition) is 4. The number of nitrogens with zero attached hydrogens (tertiary/aromatic N) is 3. The normalized spacial score (nSPS) is 12.2. The fourth-order valence-corrected chi connectivity index (χ4v) is 2.93. The van der Waals surface area contributed by atoms with E-state index in [1.165, 1.54) is 16.7 Å². The molecule has 1 atom stereocenters. The maximum Gasteiger partial charge on any atom is 0.137 e. The Morgan fingerprint density at radius 3 is 2.08 bits per heavy atom. The molecule has 0 unspecified atom stereocenters. The molecule has 1 N–H and O–H groups in total. The minimum atomic E-state index is -0.918. The van der Waals surface area contributed by atoms with Crippen molar-refractivity contribution in [3.8, 4) is 0 Å². The summed E-state index contributed by atoms with van der Waals surface area (Å²) in [7, 11) is -0.918. The van der Waals surface area contributed by atoms with Crippen LogP contribution < -0.4 is 5.32 Å². The van der Waals surface area contributed by atoms with E-state index in [1.54, 1.807) is 23.6 Å². The molecule has 24 heavy (non-hydrogen) atoms. The first-order chi connectivity index (χ1) is 11.7. The van der Waals surface area contributed by atoms with Crippen LogP contribution in [0.4, 0.5) is 0 Å². The molecular formula is C18H20N4OS. The third kappa shape index (κ3) is 4.59. The lowest BCUT2D eigenvalue weighted by Crippen LogP contribution is -2.12. The van der Waals surface area contributed by atoms with Crippen molar-refractivity contribution in [3.63, 3.8) is 0 Å². The zero-order valence-electron chi connectivity index (χ0n) is 13.6. The molecule has 3 aromatic rings. The van der Waals surface area contributed by atoms with Crippen molar-refractivity contribution in [1.82, 2.24) is 20.1 Å². The third-order valence-corrected chi connectivity index (χ3v) is 4.68. The molecule has 0 amide bonds. The summed E-state index contributed by atoms with van der Waals surface area (Å²) in [6.07, 6.45) is 4.96. The van der Waals surface area contributed by atoms with E-state index in [0.717, 1.165) is 24.5 Å². The number of benzene rings is 2. The average molecular weight is 340 g/mol. The standard InChI is InChI=1S/C18H20N4OS/c1-24(23)18-8-6-16(7-9-18)11-19-10-15-2-4-17(5-3-15)12-22-14-20-13-21-22/h2-9,13-14,19H,10-12H2,1H3/t24-/m1/s1. The van der Waals surface area contributed by atoms with Crippen molar-refractivity contribution in [1.29, 1.82) is 0 Å². The Labute approximate surface area is 144 Å². The van der Waals surface area contributed by atoms with Gasteiger partial charge in [0, 0.05) is 35.0 Å². The van der Waals surface area contributed by atoms with Crippen LogP contribution >= 0.6 is 0 Å². The number of nitrogens with one attached hydrogen (secondary N) is 1. The molecule has 0 spiro atoms. The van der Waals surface area contributed by atoms with Gasteiger partial charge in [-0.1, -0.05) is 36.4 Å². The molecule has 6 heteroatoms. The largest absolute Gasteiger partial charge is 0.309 e.